The molecule has 144 valence electrons. The molecule has 0 radical (unpaired) electrons. The summed E-state index contributed by atoms with van der Waals surface area (Å²) in [4.78, 5) is 12.6. The van der Waals surface area contributed by atoms with Gasteiger partial charge in [0, 0.05) is 24.8 Å². The number of fused-ring (bicyclic) bond motifs is 2. The minimum absolute atomic E-state index is 0.0164. The molecule has 2 unspecified atom stereocenters. The van der Waals surface area contributed by atoms with Crippen LogP contribution in [0.4, 0.5) is 5.69 Å². The van der Waals surface area contributed by atoms with Crippen LogP contribution in [0.15, 0.2) is 41.6 Å². The van der Waals surface area contributed by atoms with E-state index in [-0.39, 0.29) is 10.8 Å². The molecular weight excluding hydrogens is 364 g/mol. The quantitative estimate of drug-likeness (QED) is 0.819. The van der Waals surface area contributed by atoms with E-state index in [4.69, 9.17) is 0 Å². The van der Waals surface area contributed by atoms with Crippen molar-refractivity contribution in [2.24, 2.45) is 5.92 Å². The van der Waals surface area contributed by atoms with Gasteiger partial charge in [0.15, 0.2) is 9.84 Å². The lowest BCUT2D eigenvalue weighted by Gasteiger charge is -2.28. The van der Waals surface area contributed by atoms with Crippen LogP contribution in [0.2, 0.25) is 0 Å². The molecule has 2 aromatic rings. The highest BCUT2D eigenvalue weighted by molar-refractivity contribution is 7.90. The molecule has 7 nitrogen and oxygen atoms in total. The molecule has 2 aliphatic heterocycles. The van der Waals surface area contributed by atoms with Gasteiger partial charge >= 0.3 is 0 Å². The Morgan fingerprint density at radius 3 is 2.67 bits per heavy atom. The maximum atomic E-state index is 12.4. The first-order valence-corrected chi connectivity index (χ1v) is 11.2. The van der Waals surface area contributed by atoms with Crippen molar-refractivity contribution in [1.29, 1.82) is 0 Å². The number of piperidine rings is 1. The summed E-state index contributed by atoms with van der Waals surface area (Å²) in [7, 11) is -3.37. The van der Waals surface area contributed by atoms with Gasteiger partial charge in [-0.1, -0.05) is 12.1 Å². The van der Waals surface area contributed by atoms with E-state index in [1.807, 2.05) is 0 Å². The summed E-state index contributed by atoms with van der Waals surface area (Å²) in [6.45, 7) is 0. The maximum Gasteiger partial charge on any atom is 0.224 e. The van der Waals surface area contributed by atoms with Crippen LogP contribution < -0.4 is 10.6 Å². The molecule has 2 aliphatic rings. The Kier molecular flexibility index (Phi) is 4.77. The molecule has 3 heterocycles. The van der Waals surface area contributed by atoms with Gasteiger partial charge in [0.25, 0.3) is 0 Å². The molecule has 0 spiro atoms. The second-order valence-electron chi connectivity index (χ2n) is 7.64. The predicted molar refractivity (Wildman–Crippen MR) is 103 cm³/mol. The largest absolute Gasteiger partial charge is 0.323 e. The van der Waals surface area contributed by atoms with E-state index < -0.39 is 9.84 Å². The Labute approximate surface area is 159 Å². The van der Waals surface area contributed by atoms with Gasteiger partial charge in [0.2, 0.25) is 5.91 Å². The van der Waals surface area contributed by atoms with Gasteiger partial charge in [-0.2, -0.15) is 5.10 Å². The number of anilines is 1. The zero-order valence-corrected chi connectivity index (χ0v) is 16.1. The highest BCUT2D eigenvalue weighted by atomic mass is 32.2. The van der Waals surface area contributed by atoms with E-state index >= 15 is 0 Å². The lowest BCUT2D eigenvalue weighted by molar-refractivity contribution is -0.117. The molecule has 1 aromatic heterocycles. The predicted octanol–water partition coefficient (Wildman–Crippen LogP) is 2.13. The molecule has 2 atom stereocenters. The van der Waals surface area contributed by atoms with Crippen molar-refractivity contribution in [2.75, 3.05) is 11.6 Å². The first kappa shape index (κ1) is 18.2. The summed E-state index contributed by atoms with van der Waals surface area (Å²) < 4.78 is 25.4. The number of sulfone groups is 1. The highest BCUT2D eigenvalue weighted by Gasteiger charge is 2.34. The molecule has 1 aromatic carbocycles. The van der Waals surface area contributed by atoms with E-state index in [9.17, 15) is 13.2 Å². The van der Waals surface area contributed by atoms with Crippen LogP contribution in [0.1, 0.15) is 32.1 Å². The van der Waals surface area contributed by atoms with Crippen LogP contribution in [-0.2, 0) is 14.6 Å². The number of carbonyl (C=O) groups is 1. The van der Waals surface area contributed by atoms with Crippen molar-refractivity contribution in [1.82, 2.24) is 15.1 Å². The summed E-state index contributed by atoms with van der Waals surface area (Å²) in [5.74, 6) is 0.405. The van der Waals surface area contributed by atoms with Crippen molar-refractivity contribution in [3.8, 4) is 5.69 Å². The minimum atomic E-state index is -3.37. The average molecular weight is 388 g/mol. The van der Waals surface area contributed by atoms with Crippen LogP contribution in [0.25, 0.3) is 5.69 Å². The number of nitrogens with zero attached hydrogens (tertiary/aromatic N) is 2. The Balaban J connectivity index is 1.44. The Hall–Kier alpha value is -2.19. The molecule has 27 heavy (non-hydrogen) atoms. The number of aromatic nitrogens is 2. The summed E-state index contributed by atoms with van der Waals surface area (Å²) in [6.07, 6.45) is 9.43. The second kappa shape index (κ2) is 7.09. The third kappa shape index (κ3) is 4.06. The minimum Gasteiger partial charge on any atom is -0.323 e. The molecule has 8 heteroatoms. The third-order valence-electron chi connectivity index (χ3n) is 5.42. The van der Waals surface area contributed by atoms with Gasteiger partial charge in [-0.3, -0.25) is 4.79 Å². The van der Waals surface area contributed by atoms with E-state index in [1.54, 1.807) is 36.7 Å². The molecule has 2 saturated heterocycles. The zero-order valence-electron chi connectivity index (χ0n) is 15.3. The monoisotopic (exact) mass is 388 g/mol. The van der Waals surface area contributed by atoms with Crippen molar-refractivity contribution in [3.05, 3.63) is 36.7 Å². The molecule has 4 rings (SSSR count). The first-order valence-electron chi connectivity index (χ1n) is 9.28. The average Bonchev–Trinajstić information content (AvgIpc) is 3.20. The Morgan fingerprint density at radius 1 is 1.26 bits per heavy atom. The molecule has 0 aliphatic carbocycles. The number of hydrogen-bond acceptors (Lipinski definition) is 5. The smallest absolute Gasteiger partial charge is 0.224 e. The van der Waals surface area contributed by atoms with Gasteiger partial charge in [-0.05, 0) is 43.7 Å². The van der Waals surface area contributed by atoms with Gasteiger partial charge < -0.3 is 10.6 Å². The molecule has 1 amide bonds. The van der Waals surface area contributed by atoms with E-state index in [0.717, 1.165) is 12.8 Å². The number of para-hydroxylation sites is 1. The van der Waals surface area contributed by atoms with Crippen molar-refractivity contribution < 1.29 is 13.2 Å². The molecular formula is C19H24N4O3S. The lowest BCUT2D eigenvalue weighted by atomic mass is 9.89. The van der Waals surface area contributed by atoms with Crippen molar-refractivity contribution in [3.63, 3.8) is 0 Å². The zero-order chi connectivity index (χ0) is 19.0. The fraction of sp³-hybridized carbons (Fsp3) is 0.474. The molecule has 0 saturated carbocycles. The second-order valence-corrected chi connectivity index (χ2v) is 9.63. The number of hydrogen-bond donors (Lipinski definition) is 2. The Bertz CT molecular complexity index is 941. The first-order chi connectivity index (χ1) is 12.9. The standard InChI is InChI=1S/C19H24N4O3S/c1-27(25,26)18-5-3-2-4-17(18)23-12-16(11-20-23)22-19(24)10-13-8-14-6-7-15(9-13)21-14/h2-5,11-15,21H,6-10H2,1H3,(H,22,24). The SMILES string of the molecule is CS(=O)(=O)c1ccccc1-n1cc(NC(=O)CC2CC3CCC(C2)N3)cn1. The summed E-state index contributed by atoms with van der Waals surface area (Å²) in [5.41, 5.74) is 1.04. The van der Waals surface area contributed by atoms with E-state index in [2.05, 4.69) is 15.7 Å². The van der Waals surface area contributed by atoms with Gasteiger partial charge in [-0.15, -0.1) is 0 Å². The van der Waals surface area contributed by atoms with E-state index in [1.165, 1.54) is 23.8 Å². The van der Waals surface area contributed by atoms with Crippen molar-refractivity contribution in [2.45, 2.75) is 49.1 Å². The number of rotatable bonds is 5. The topological polar surface area (TPSA) is 93.1 Å². The number of amides is 1. The lowest BCUT2D eigenvalue weighted by Crippen LogP contribution is -2.39. The number of benzene rings is 1. The molecule has 2 fully saturated rings. The summed E-state index contributed by atoms with van der Waals surface area (Å²) in [5, 5.41) is 10.7. The third-order valence-corrected chi connectivity index (χ3v) is 6.57. The van der Waals surface area contributed by atoms with Gasteiger partial charge in [0.1, 0.15) is 0 Å². The fourth-order valence-electron chi connectivity index (χ4n) is 4.30. The summed E-state index contributed by atoms with van der Waals surface area (Å²) >= 11 is 0. The molecule has 2 bridgehead atoms. The summed E-state index contributed by atoms with van der Waals surface area (Å²) in [6, 6.07) is 7.82. The van der Waals surface area contributed by atoms with Crippen LogP contribution in [0, 0.1) is 5.92 Å². The van der Waals surface area contributed by atoms with Crippen LogP contribution in [0.5, 0.6) is 0 Å². The molecule has 2 N–H and O–H groups in total. The van der Waals surface area contributed by atoms with Crippen molar-refractivity contribution >= 4 is 21.4 Å². The fourth-order valence-corrected chi connectivity index (χ4v) is 5.16. The highest BCUT2D eigenvalue weighted by Crippen LogP contribution is 2.32. The Morgan fingerprint density at radius 2 is 1.96 bits per heavy atom. The number of carbonyl (C=O) groups excluding carboxylic acids is 1. The van der Waals surface area contributed by atoms with Crippen LogP contribution in [-0.4, -0.2) is 42.4 Å². The van der Waals surface area contributed by atoms with Gasteiger partial charge in [-0.25, -0.2) is 13.1 Å². The van der Waals surface area contributed by atoms with Gasteiger partial charge in [0.05, 0.1) is 28.7 Å². The number of nitrogens with one attached hydrogen (secondary N) is 2. The van der Waals surface area contributed by atoms with Crippen LogP contribution >= 0.6 is 0 Å². The normalized spacial score (nSPS) is 24.7. The van der Waals surface area contributed by atoms with E-state index in [0.29, 0.717) is 35.8 Å². The van der Waals surface area contributed by atoms with Crippen LogP contribution in [0.3, 0.4) is 0 Å². The maximum absolute atomic E-state index is 12.4.